The standard InChI is InChI=1S/C17H12BrN3O3/c18-15-8-7-14(24-15)17(23)21-13-6-2-1-5-12(13)20-16(22)11-4-3-9-19-10-11/h1-10H,(H,20,22)(H,21,23). The maximum absolute atomic E-state index is 12.2. The summed E-state index contributed by atoms with van der Waals surface area (Å²) in [6.45, 7) is 0. The van der Waals surface area contributed by atoms with Gasteiger partial charge in [0, 0.05) is 12.4 Å². The fourth-order valence-electron chi connectivity index (χ4n) is 2.01. The average molecular weight is 386 g/mol. The van der Waals surface area contributed by atoms with Crippen molar-refractivity contribution in [2.45, 2.75) is 0 Å². The van der Waals surface area contributed by atoms with Gasteiger partial charge in [0.05, 0.1) is 16.9 Å². The highest BCUT2D eigenvalue weighted by molar-refractivity contribution is 9.10. The summed E-state index contributed by atoms with van der Waals surface area (Å²) in [5.74, 6) is -0.565. The first-order valence-corrected chi connectivity index (χ1v) is 7.80. The van der Waals surface area contributed by atoms with Gasteiger partial charge in [-0.2, -0.15) is 0 Å². The van der Waals surface area contributed by atoms with Gasteiger partial charge in [-0.15, -0.1) is 0 Å². The van der Waals surface area contributed by atoms with Crippen LogP contribution in [0.2, 0.25) is 0 Å². The normalized spacial score (nSPS) is 10.2. The molecule has 0 radical (unpaired) electrons. The maximum atomic E-state index is 12.2. The van der Waals surface area contributed by atoms with Crippen molar-refractivity contribution in [1.29, 1.82) is 0 Å². The predicted molar refractivity (Wildman–Crippen MR) is 93.0 cm³/mol. The highest BCUT2D eigenvalue weighted by atomic mass is 79.9. The first-order valence-electron chi connectivity index (χ1n) is 7.00. The van der Waals surface area contributed by atoms with Crippen LogP contribution in [0.3, 0.4) is 0 Å². The molecule has 2 heterocycles. The Morgan fingerprint density at radius 1 is 0.917 bits per heavy atom. The van der Waals surface area contributed by atoms with E-state index in [-0.39, 0.29) is 11.7 Å². The Kier molecular flexibility index (Phi) is 4.72. The lowest BCUT2D eigenvalue weighted by Gasteiger charge is -2.11. The molecular weight excluding hydrogens is 374 g/mol. The fourth-order valence-corrected chi connectivity index (χ4v) is 2.32. The number of benzene rings is 1. The highest BCUT2D eigenvalue weighted by Crippen LogP contribution is 2.23. The number of amides is 2. The third-order valence-electron chi connectivity index (χ3n) is 3.14. The van der Waals surface area contributed by atoms with Gasteiger partial charge in [0.25, 0.3) is 11.8 Å². The Balaban J connectivity index is 1.78. The smallest absolute Gasteiger partial charge is 0.291 e. The first-order chi connectivity index (χ1) is 11.6. The molecule has 0 spiro atoms. The van der Waals surface area contributed by atoms with E-state index in [0.717, 1.165) is 0 Å². The van der Waals surface area contributed by atoms with Crippen LogP contribution >= 0.6 is 15.9 Å². The van der Waals surface area contributed by atoms with Crippen molar-refractivity contribution in [3.05, 3.63) is 76.9 Å². The van der Waals surface area contributed by atoms with E-state index in [9.17, 15) is 9.59 Å². The third kappa shape index (κ3) is 3.69. The number of furan rings is 1. The molecular formula is C17H12BrN3O3. The average Bonchev–Trinajstić information content (AvgIpc) is 3.04. The Morgan fingerprint density at radius 3 is 2.21 bits per heavy atom. The van der Waals surface area contributed by atoms with Gasteiger partial charge in [0.2, 0.25) is 0 Å². The lowest BCUT2D eigenvalue weighted by molar-refractivity contribution is 0.0992. The molecule has 3 rings (SSSR count). The lowest BCUT2D eigenvalue weighted by atomic mass is 10.2. The van der Waals surface area contributed by atoms with Gasteiger partial charge in [-0.3, -0.25) is 14.6 Å². The SMILES string of the molecule is O=C(Nc1ccccc1NC(=O)c1ccc(Br)o1)c1cccnc1. The van der Waals surface area contributed by atoms with Crippen LogP contribution in [0.15, 0.2) is 70.0 Å². The van der Waals surface area contributed by atoms with Crippen LogP contribution in [0.1, 0.15) is 20.9 Å². The molecule has 0 fully saturated rings. The number of halogens is 1. The van der Waals surface area contributed by atoms with Crippen LogP contribution in [0.25, 0.3) is 0 Å². The van der Waals surface area contributed by atoms with Gasteiger partial charge < -0.3 is 15.1 Å². The zero-order valence-corrected chi connectivity index (χ0v) is 13.9. The summed E-state index contributed by atoms with van der Waals surface area (Å²) in [4.78, 5) is 28.3. The number of nitrogens with one attached hydrogen (secondary N) is 2. The molecule has 0 saturated heterocycles. The van der Waals surface area contributed by atoms with Crippen molar-refractivity contribution in [3.63, 3.8) is 0 Å². The third-order valence-corrected chi connectivity index (χ3v) is 3.57. The second kappa shape index (κ2) is 7.10. The predicted octanol–water partition coefficient (Wildman–Crippen LogP) is 3.94. The minimum Gasteiger partial charge on any atom is -0.444 e. The van der Waals surface area contributed by atoms with Crippen molar-refractivity contribution >= 4 is 39.1 Å². The van der Waals surface area contributed by atoms with Gasteiger partial charge in [-0.1, -0.05) is 12.1 Å². The van der Waals surface area contributed by atoms with E-state index in [1.807, 2.05) is 0 Å². The Hall–Kier alpha value is -2.93. The van der Waals surface area contributed by atoms with Gasteiger partial charge in [-0.05, 0) is 52.3 Å². The van der Waals surface area contributed by atoms with Gasteiger partial charge in [-0.25, -0.2) is 0 Å². The van der Waals surface area contributed by atoms with Gasteiger partial charge in [0.15, 0.2) is 10.4 Å². The number of anilines is 2. The van der Waals surface area contributed by atoms with Crippen molar-refractivity contribution in [2.75, 3.05) is 10.6 Å². The molecule has 3 aromatic rings. The molecule has 24 heavy (non-hydrogen) atoms. The number of nitrogens with zero attached hydrogens (tertiary/aromatic N) is 1. The summed E-state index contributed by atoms with van der Waals surface area (Å²) in [5.41, 5.74) is 1.37. The van der Waals surface area contributed by atoms with Crippen molar-refractivity contribution < 1.29 is 14.0 Å². The van der Waals surface area contributed by atoms with E-state index in [4.69, 9.17) is 4.42 Å². The number of carbonyl (C=O) groups is 2. The quantitative estimate of drug-likeness (QED) is 0.712. The zero-order chi connectivity index (χ0) is 16.9. The summed E-state index contributed by atoms with van der Waals surface area (Å²) in [6.07, 6.45) is 3.06. The number of para-hydroxylation sites is 2. The van der Waals surface area contributed by atoms with E-state index in [1.54, 1.807) is 54.7 Å². The molecule has 0 saturated carbocycles. The molecule has 6 nitrogen and oxygen atoms in total. The largest absolute Gasteiger partial charge is 0.444 e. The van der Waals surface area contributed by atoms with E-state index in [0.29, 0.717) is 21.6 Å². The molecule has 0 aliphatic heterocycles. The first kappa shape index (κ1) is 15.9. The summed E-state index contributed by atoms with van der Waals surface area (Å²) in [5, 5.41) is 5.47. The highest BCUT2D eigenvalue weighted by Gasteiger charge is 2.14. The minimum absolute atomic E-state index is 0.162. The lowest BCUT2D eigenvalue weighted by Crippen LogP contribution is -2.16. The second-order valence-corrected chi connectivity index (χ2v) is 5.58. The molecule has 0 atom stereocenters. The Labute approximate surface area is 146 Å². The van der Waals surface area contributed by atoms with E-state index < -0.39 is 5.91 Å². The number of rotatable bonds is 4. The molecule has 120 valence electrons. The topological polar surface area (TPSA) is 84.2 Å². The second-order valence-electron chi connectivity index (χ2n) is 4.80. The van der Waals surface area contributed by atoms with Crippen LogP contribution in [0, 0.1) is 0 Å². The van der Waals surface area contributed by atoms with E-state index in [1.165, 1.54) is 6.20 Å². The molecule has 0 aliphatic rings. The van der Waals surface area contributed by atoms with E-state index in [2.05, 4.69) is 31.5 Å². The number of carbonyl (C=O) groups excluding carboxylic acids is 2. The van der Waals surface area contributed by atoms with Gasteiger partial charge in [0.1, 0.15) is 0 Å². The van der Waals surface area contributed by atoms with Crippen molar-refractivity contribution in [1.82, 2.24) is 4.98 Å². The van der Waals surface area contributed by atoms with Crippen LogP contribution in [0.5, 0.6) is 0 Å². The molecule has 7 heteroatoms. The Bertz CT molecular complexity index is 878. The van der Waals surface area contributed by atoms with Crippen LogP contribution in [-0.2, 0) is 0 Å². The molecule has 2 N–H and O–H groups in total. The number of hydrogen-bond donors (Lipinski definition) is 2. The summed E-state index contributed by atoms with van der Waals surface area (Å²) >= 11 is 3.15. The number of pyridine rings is 1. The van der Waals surface area contributed by atoms with Crippen LogP contribution in [-0.4, -0.2) is 16.8 Å². The van der Waals surface area contributed by atoms with Crippen molar-refractivity contribution in [2.24, 2.45) is 0 Å². The molecule has 2 amide bonds. The number of hydrogen-bond acceptors (Lipinski definition) is 4. The van der Waals surface area contributed by atoms with Crippen molar-refractivity contribution in [3.8, 4) is 0 Å². The van der Waals surface area contributed by atoms with Crippen LogP contribution in [0.4, 0.5) is 11.4 Å². The van der Waals surface area contributed by atoms with E-state index >= 15 is 0 Å². The van der Waals surface area contributed by atoms with Gasteiger partial charge >= 0.3 is 0 Å². The molecule has 2 aromatic heterocycles. The summed E-state index contributed by atoms with van der Waals surface area (Å²) in [6, 6.07) is 13.4. The maximum Gasteiger partial charge on any atom is 0.291 e. The summed E-state index contributed by atoms with van der Waals surface area (Å²) in [7, 11) is 0. The summed E-state index contributed by atoms with van der Waals surface area (Å²) < 4.78 is 5.68. The zero-order valence-electron chi connectivity index (χ0n) is 12.3. The fraction of sp³-hybridized carbons (Fsp3) is 0. The molecule has 0 unspecified atom stereocenters. The molecule has 0 aliphatic carbocycles. The monoisotopic (exact) mass is 385 g/mol. The minimum atomic E-state index is -0.413. The molecule has 1 aromatic carbocycles. The number of aromatic nitrogens is 1. The molecule has 0 bridgehead atoms. The van der Waals surface area contributed by atoms with Crippen LogP contribution < -0.4 is 10.6 Å². The Morgan fingerprint density at radius 2 is 1.62 bits per heavy atom.